The molecule has 8 aromatic carbocycles. The van der Waals surface area contributed by atoms with Crippen LogP contribution >= 0.6 is 0 Å². The molecule has 0 unspecified atom stereocenters. The van der Waals surface area contributed by atoms with Crippen molar-refractivity contribution < 1.29 is 46.5 Å². The summed E-state index contributed by atoms with van der Waals surface area (Å²) < 4.78 is 0. The maximum Gasteiger partial charge on any atom is 4.00 e. The summed E-state index contributed by atoms with van der Waals surface area (Å²) in [5.41, 5.74) is 5.24. The molecule has 0 spiro atoms. The van der Waals surface area contributed by atoms with Crippen molar-refractivity contribution in [3.63, 3.8) is 0 Å². The first kappa shape index (κ1) is 30.3. The molecule has 0 amide bonds. The Bertz CT molecular complexity index is 1820. The average Bonchev–Trinajstić information content (AvgIpc) is 3.61. The van der Waals surface area contributed by atoms with Gasteiger partial charge in [0.1, 0.15) is 0 Å². The Labute approximate surface area is 268 Å². The van der Waals surface area contributed by atoms with Crippen LogP contribution in [0.4, 0.5) is 0 Å². The van der Waals surface area contributed by atoms with E-state index < -0.39 is 0 Å². The Kier molecular flexibility index (Phi) is 9.87. The van der Waals surface area contributed by atoms with Crippen LogP contribution in [0.5, 0.6) is 0 Å². The van der Waals surface area contributed by atoms with Gasteiger partial charge in [0.05, 0.1) is 0 Å². The average molecular weight is 601 g/mol. The molecule has 0 N–H and O–H groups in total. The maximum absolute atomic E-state index is 2.27. The quantitative estimate of drug-likeness (QED) is 0.198. The minimum atomic E-state index is 0. The summed E-state index contributed by atoms with van der Waals surface area (Å²) in [6, 6.07) is 56.3. The van der Waals surface area contributed by atoms with E-state index in [0.717, 1.165) is 0 Å². The van der Waals surface area contributed by atoms with Gasteiger partial charge in [-0.2, -0.15) is 0 Å². The molecule has 0 saturated heterocycles. The number of hydrogen-bond acceptors (Lipinski definition) is 0. The molecule has 0 atom stereocenters. The Hall–Kier alpha value is -3.65. The zero-order valence-electron chi connectivity index (χ0n) is 22.3. The SMILES string of the molecule is [Cl-].[Cl-].[Ti+4].c1ccc2[cH-]c(-c3cccc4ccccc34)cc2c1.c1ccc2[cH-]c(-c3cccc4ccccc34)cc2c1. The summed E-state index contributed by atoms with van der Waals surface area (Å²) in [7, 11) is 0. The van der Waals surface area contributed by atoms with Crippen LogP contribution < -0.4 is 24.8 Å². The van der Waals surface area contributed by atoms with Gasteiger partial charge in [-0.1, -0.05) is 132 Å². The van der Waals surface area contributed by atoms with Gasteiger partial charge < -0.3 is 24.8 Å². The van der Waals surface area contributed by atoms with Crippen molar-refractivity contribution in [2.24, 2.45) is 0 Å². The molecular formula is C38H26Cl2Ti. The van der Waals surface area contributed by atoms with Gasteiger partial charge in [-0.3, -0.25) is 0 Å². The van der Waals surface area contributed by atoms with Crippen molar-refractivity contribution in [3.05, 3.63) is 158 Å². The fourth-order valence-corrected chi connectivity index (χ4v) is 5.57. The fraction of sp³-hybridized carbons (Fsp3) is 0. The third-order valence-corrected chi connectivity index (χ3v) is 7.44. The standard InChI is InChI=1S/2C19H13.2ClH.Ti/c2*1-2-8-16-13-17(12-15(16)7-1)19-11-5-9-14-6-3-4-10-18(14)19;;;/h2*1-13H;2*1H;/q2*-1;;;+4/p-2. The second kappa shape index (κ2) is 13.3. The fourth-order valence-electron chi connectivity index (χ4n) is 5.57. The number of halogens is 2. The van der Waals surface area contributed by atoms with Crippen LogP contribution in [0.15, 0.2) is 158 Å². The van der Waals surface area contributed by atoms with Crippen LogP contribution in [0.3, 0.4) is 0 Å². The van der Waals surface area contributed by atoms with Gasteiger partial charge in [0.2, 0.25) is 0 Å². The first-order chi connectivity index (χ1) is 18.8. The molecule has 3 heteroatoms. The first-order valence-corrected chi connectivity index (χ1v) is 13.1. The summed E-state index contributed by atoms with van der Waals surface area (Å²) in [6.45, 7) is 0. The van der Waals surface area contributed by atoms with Gasteiger partial charge in [0.15, 0.2) is 0 Å². The largest absolute Gasteiger partial charge is 4.00 e. The molecule has 0 aromatic heterocycles. The van der Waals surface area contributed by atoms with E-state index >= 15 is 0 Å². The van der Waals surface area contributed by atoms with E-state index in [2.05, 4.69) is 158 Å². The Balaban J connectivity index is 0.000000176. The van der Waals surface area contributed by atoms with E-state index in [-0.39, 0.29) is 46.5 Å². The maximum atomic E-state index is 2.27. The molecule has 8 aromatic rings. The Morgan fingerprint density at radius 3 is 1.10 bits per heavy atom. The van der Waals surface area contributed by atoms with E-state index in [4.69, 9.17) is 0 Å². The molecule has 0 bridgehead atoms. The number of benzene rings is 6. The van der Waals surface area contributed by atoms with Gasteiger partial charge in [-0.15, -0.1) is 69.1 Å². The van der Waals surface area contributed by atoms with E-state index in [9.17, 15) is 0 Å². The summed E-state index contributed by atoms with van der Waals surface area (Å²) >= 11 is 0. The van der Waals surface area contributed by atoms with Crippen LogP contribution in [0, 0.1) is 0 Å². The van der Waals surface area contributed by atoms with Gasteiger partial charge in [-0.25, -0.2) is 0 Å². The van der Waals surface area contributed by atoms with Crippen molar-refractivity contribution in [2.75, 3.05) is 0 Å². The second-order valence-electron chi connectivity index (χ2n) is 9.80. The molecule has 196 valence electrons. The molecule has 0 radical (unpaired) electrons. The van der Waals surface area contributed by atoms with Crippen LogP contribution in [0.1, 0.15) is 0 Å². The zero-order valence-corrected chi connectivity index (χ0v) is 25.3. The van der Waals surface area contributed by atoms with Gasteiger partial charge in [0.25, 0.3) is 0 Å². The second-order valence-corrected chi connectivity index (χ2v) is 9.80. The number of hydrogen-bond donors (Lipinski definition) is 0. The monoisotopic (exact) mass is 600 g/mol. The number of fused-ring (bicyclic) bond motifs is 4. The molecule has 0 heterocycles. The van der Waals surface area contributed by atoms with Crippen LogP contribution in [0.25, 0.3) is 65.3 Å². The van der Waals surface area contributed by atoms with E-state index in [1.807, 2.05) is 0 Å². The molecule has 0 fully saturated rings. The van der Waals surface area contributed by atoms with E-state index in [0.29, 0.717) is 0 Å². The third kappa shape index (κ3) is 6.03. The van der Waals surface area contributed by atoms with Gasteiger partial charge >= 0.3 is 21.7 Å². The van der Waals surface area contributed by atoms with Gasteiger partial charge in [0, 0.05) is 0 Å². The van der Waals surface area contributed by atoms with E-state index in [1.54, 1.807) is 0 Å². The molecule has 0 aliphatic heterocycles. The summed E-state index contributed by atoms with van der Waals surface area (Å²) in [5.74, 6) is 0. The van der Waals surface area contributed by atoms with Gasteiger partial charge in [-0.05, 0) is 21.5 Å². The smallest absolute Gasteiger partial charge is 1.00 e. The normalized spacial score (nSPS) is 10.3. The zero-order chi connectivity index (χ0) is 25.3. The van der Waals surface area contributed by atoms with Crippen LogP contribution in [0.2, 0.25) is 0 Å². The van der Waals surface area contributed by atoms with Crippen molar-refractivity contribution in [1.82, 2.24) is 0 Å². The van der Waals surface area contributed by atoms with Crippen LogP contribution in [-0.2, 0) is 21.7 Å². The van der Waals surface area contributed by atoms with Crippen LogP contribution in [-0.4, -0.2) is 0 Å². The van der Waals surface area contributed by atoms with E-state index in [1.165, 1.54) is 65.3 Å². The minimum absolute atomic E-state index is 0. The molecule has 0 aliphatic carbocycles. The Morgan fingerprint density at radius 2 is 0.683 bits per heavy atom. The molecular weight excluding hydrogens is 575 g/mol. The topological polar surface area (TPSA) is 0 Å². The first-order valence-electron chi connectivity index (χ1n) is 13.1. The molecule has 0 nitrogen and oxygen atoms in total. The minimum Gasteiger partial charge on any atom is -1.00 e. The molecule has 0 aliphatic rings. The van der Waals surface area contributed by atoms with Crippen molar-refractivity contribution >= 4 is 43.1 Å². The third-order valence-electron chi connectivity index (χ3n) is 7.44. The van der Waals surface area contributed by atoms with Crippen molar-refractivity contribution in [3.8, 4) is 22.3 Å². The van der Waals surface area contributed by atoms with Crippen molar-refractivity contribution in [2.45, 2.75) is 0 Å². The molecule has 41 heavy (non-hydrogen) atoms. The predicted molar refractivity (Wildman–Crippen MR) is 165 cm³/mol. The number of rotatable bonds is 2. The molecule has 8 rings (SSSR count). The summed E-state index contributed by atoms with van der Waals surface area (Å²) in [4.78, 5) is 0. The molecule has 0 saturated carbocycles. The Morgan fingerprint density at radius 1 is 0.341 bits per heavy atom. The summed E-state index contributed by atoms with van der Waals surface area (Å²) in [6.07, 6.45) is 0. The summed E-state index contributed by atoms with van der Waals surface area (Å²) in [5, 5.41) is 10.5. The predicted octanol–water partition coefficient (Wildman–Crippen LogP) is 4.76. The van der Waals surface area contributed by atoms with Crippen molar-refractivity contribution in [1.29, 1.82) is 0 Å².